The Bertz CT molecular complexity index is 569. The zero-order chi connectivity index (χ0) is 17.2. The van der Waals surface area contributed by atoms with E-state index >= 15 is 0 Å². The second-order valence-corrected chi connectivity index (χ2v) is 7.48. The van der Waals surface area contributed by atoms with Crippen LogP contribution in [0.15, 0.2) is 6.20 Å². The van der Waals surface area contributed by atoms with Crippen molar-refractivity contribution in [1.82, 2.24) is 19.8 Å². The molecule has 2 heterocycles. The van der Waals surface area contributed by atoms with E-state index in [-0.39, 0.29) is 11.3 Å². The molecule has 1 aliphatic heterocycles. The van der Waals surface area contributed by atoms with Gasteiger partial charge in [0.05, 0.1) is 0 Å². The number of aromatic nitrogens is 2. The van der Waals surface area contributed by atoms with Crippen LogP contribution in [-0.2, 0) is 6.54 Å². The first-order chi connectivity index (χ1) is 10.7. The van der Waals surface area contributed by atoms with E-state index in [1.807, 2.05) is 20.8 Å². The number of piperidine rings is 1. The summed E-state index contributed by atoms with van der Waals surface area (Å²) in [7, 11) is 0. The molecule has 1 fully saturated rings. The van der Waals surface area contributed by atoms with E-state index in [1.165, 1.54) is 0 Å². The van der Waals surface area contributed by atoms with Crippen molar-refractivity contribution in [3.05, 3.63) is 22.2 Å². The maximum atomic E-state index is 11.6. The van der Waals surface area contributed by atoms with Crippen molar-refractivity contribution in [2.45, 2.75) is 51.7 Å². The summed E-state index contributed by atoms with van der Waals surface area (Å²) in [6.07, 6.45) is 2.39. The van der Waals surface area contributed by atoms with Crippen LogP contribution in [0.3, 0.4) is 0 Å². The summed E-state index contributed by atoms with van der Waals surface area (Å²) in [4.78, 5) is 23.3. The zero-order valence-electron chi connectivity index (χ0n) is 13.6. The summed E-state index contributed by atoms with van der Waals surface area (Å²) in [5.41, 5.74) is 0.437. The molecule has 1 amide bonds. The largest absolute Gasteiger partial charge is 0.465 e. The minimum Gasteiger partial charge on any atom is -0.465 e. The van der Waals surface area contributed by atoms with Gasteiger partial charge in [-0.3, -0.25) is 4.90 Å². The molecule has 0 saturated carbocycles. The second kappa shape index (κ2) is 7.20. The minimum absolute atomic E-state index is 0.0423. The van der Waals surface area contributed by atoms with Gasteiger partial charge in [0.25, 0.3) is 0 Å². The maximum Gasteiger partial charge on any atom is 0.407 e. The van der Waals surface area contributed by atoms with Crippen LogP contribution < -0.4 is 0 Å². The lowest BCUT2D eigenvalue weighted by Gasteiger charge is -2.43. The molecule has 1 aliphatic rings. The van der Waals surface area contributed by atoms with Crippen LogP contribution in [0.1, 0.15) is 39.2 Å². The molecule has 0 spiro atoms. The lowest BCUT2D eigenvalue weighted by molar-refractivity contribution is 0.0408. The SMILES string of the molecule is CC(C)(C)N(C(=O)O)C1CCN(Cc2cnc(Cl)nc2Cl)CC1. The predicted octanol–water partition coefficient (Wildman–Crippen LogP) is 3.53. The van der Waals surface area contributed by atoms with Crippen LogP contribution in [0.2, 0.25) is 10.4 Å². The fourth-order valence-corrected chi connectivity index (χ4v) is 3.40. The monoisotopic (exact) mass is 360 g/mol. The van der Waals surface area contributed by atoms with Gasteiger partial charge in [-0.2, -0.15) is 0 Å². The average Bonchev–Trinajstić information content (AvgIpc) is 2.42. The molecule has 128 valence electrons. The van der Waals surface area contributed by atoms with Gasteiger partial charge in [-0.15, -0.1) is 0 Å². The number of rotatable bonds is 3. The molecule has 0 bridgehead atoms. The Morgan fingerprint density at radius 2 is 2.00 bits per heavy atom. The quantitative estimate of drug-likeness (QED) is 0.659. The molecule has 0 aliphatic carbocycles. The van der Waals surface area contributed by atoms with E-state index in [0.717, 1.165) is 31.5 Å². The predicted molar refractivity (Wildman–Crippen MR) is 90.0 cm³/mol. The molecule has 1 aromatic rings. The first-order valence-electron chi connectivity index (χ1n) is 7.60. The first kappa shape index (κ1) is 18.2. The Balaban J connectivity index is 1.97. The summed E-state index contributed by atoms with van der Waals surface area (Å²) >= 11 is 11.8. The number of amides is 1. The number of likely N-dealkylation sites (tertiary alicyclic amines) is 1. The van der Waals surface area contributed by atoms with E-state index in [1.54, 1.807) is 11.1 Å². The van der Waals surface area contributed by atoms with Gasteiger partial charge in [0, 0.05) is 43.0 Å². The van der Waals surface area contributed by atoms with Gasteiger partial charge >= 0.3 is 6.09 Å². The normalized spacial score (nSPS) is 17.3. The van der Waals surface area contributed by atoms with Crippen molar-refractivity contribution in [3.8, 4) is 0 Å². The van der Waals surface area contributed by atoms with Crippen molar-refractivity contribution < 1.29 is 9.90 Å². The highest BCUT2D eigenvalue weighted by Crippen LogP contribution is 2.26. The maximum absolute atomic E-state index is 11.6. The van der Waals surface area contributed by atoms with Crippen molar-refractivity contribution in [1.29, 1.82) is 0 Å². The third-order valence-electron chi connectivity index (χ3n) is 4.03. The van der Waals surface area contributed by atoms with Gasteiger partial charge in [0.2, 0.25) is 5.28 Å². The summed E-state index contributed by atoms with van der Waals surface area (Å²) in [6.45, 7) is 8.05. The highest BCUT2D eigenvalue weighted by Gasteiger charge is 2.35. The number of carboxylic acid groups (broad SMARTS) is 1. The molecule has 0 radical (unpaired) electrons. The molecular formula is C15H22Cl2N4O2. The molecular weight excluding hydrogens is 339 g/mol. The van der Waals surface area contributed by atoms with E-state index in [4.69, 9.17) is 23.2 Å². The van der Waals surface area contributed by atoms with E-state index < -0.39 is 11.6 Å². The third kappa shape index (κ3) is 4.68. The van der Waals surface area contributed by atoms with Crippen molar-refractivity contribution in [2.24, 2.45) is 0 Å². The Labute approximate surface area is 146 Å². The Kier molecular flexibility index (Phi) is 5.70. The van der Waals surface area contributed by atoms with Gasteiger partial charge in [0.15, 0.2) is 0 Å². The van der Waals surface area contributed by atoms with Gasteiger partial charge in [-0.25, -0.2) is 14.8 Å². The van der Waals surface area contributed by atoms with Gasteiger partial charge < -0.3 is 10.0 Å². The number of hydrogen-bond donors (Lipinski definition) is 1. The molecule has 1 aromatic heterocycles. The molecule has 1 N–H and O–H groups in total. The van der Waals surface area contributed by atoms with Crippen LogP contribution in [0, 0.1) is 0 Å². The fraction of sp³-hybridized carbons (Fsp3) is 0.667. The number of halogens is 2. The highest BCUT2D eigenvalue weighted by atomic mass is 35.5. The molecule has 0 aromatic carbocycles. The summed E-state index contributed by atoms with van der Waals surface area (Å²) in [5.74, 6) is 0. The molecule has 1 saturated heterocycles. The summed E-state index contributed by atoms with van der Waals surface area (Å²) in [5, 5.41) is 10.00. The lowest BCUT2D eigenvalue weighted by Crippen LogP contribution is -2.54. The molecule has 23 heavy (non-hydrogen) atoms. The topological polar surface area (TPSA) is 69.6 Å². The van der Waals surface area contributed by atoms with Crippen molar-refractivity contribution in [3.63, 3.8) is 0 Å². The smallest absolute Gasteiger partial charge is 0.407 e. The standard InChI is InChI=1S/C15H22Cl2N4O2/c1-15(2,3)21(14(22)23)11-4-6-20(7-5-11)9-10-8-18-13(17)19-12(10)16/h8,11H,4-7,9H2,1-3H3,(H,22,23). The van der Waals surface area contributed by atoms with E-state index in [9.17, 15) is 9.90 Å². The minimum atomic E-state index is -0.856. The molecule has 2 rings (SSSR count). The fourth-order valence-electron chi connectivity index (χ4n) is 3.04. The van der Waals surface area contributed by atoms with Crippen LogP contribution in [0.5, 0.6) is 0 Å². The van der Waals surface area contributed by atoms with Crippen molar-refractivity contribution >= 4 is 29.3 Å². The van der Waals surface area contributed by atoms with Crippen LogP contribution in [0.25, 0.3) is 0 Å². The zero-order valence-corrected chi connectivity index (χ0v) is 15.1. The van der Waals surface area contributed by atoms with Gasteiger partial charge in [-0.1, -0.05) is 11.6 Å². The number of hydrogen-bond acceptors (Lipinski definition) is 4. The average molecular weight is 361 g/mol. The molecule has 8 heteroatoms. The summed E-state index contributed by atoms with van der Waals surface area (Å²) < 4.78 is 0. The van der Waals surface area contributed by atoms with Crippen LogP contribution in [-0.4, -0.2) is 55.6 Å². The van der Waals surface area contributed by atoms with E-state index in [2.05, 4.69) is 14.9 Å². The van der Waals surface area contributed by atoms with Gasteiger partial charge in [0.1, 0.15) is 5.15 Å². The Hall–Kier alpha value is -1.11. The van der Waals surface area contributed by atoms with Crippen LogP contribution >= 0.6 is 23.2 Å². The molecule has 0 atom stereocenters. The van der Waals surface area contributed by atoms with Gasteiger partial charge in [-0.05, 0) is 45.2 Å². The van der Waals surface area contributed by atoms with Crippen LogP contribution in [0.4, 0.5) is 4.79 Å². The Morgan fingerprint density at radius 3 is 2.48 bits per heavy atom. The molecule has 6 nitrogen and oxygen atoms in total. The van der Waals surface area contributed by atoms with E-state index in [0.29, 0.717) is 11.7 Å². The molecule has 0 unspecified atom stereocenters. The lowest BCUT2D eigenvalue weighted by atomic mass is 9.97. The summed E-state index contributed by atoms with van der Waals surface area (Å²) in [6, 6.07) is 0.0423. The third-order valence-corrected chi connectivity index (χ3v) is 4.54. The second-order valence-electron chi connectivity index (χ2n) is 6.79. The first-order valence-corrected chi connectivity index (χ1v) is 8.35. The van der Waals surface area contributed by atoms with Crippen molar-refractivity contribution in [2.75, 3.05) is 13.1 Å². The Morgan fingerprint density at radius 1 is 1.39 bits per heavy atom. The number of carbonyl (C=O) groups is 1. The number of nitrogens with zero attached hydrogens (tertiary/aromatic N) is 4. The highest BCUT2D eigenvalue weighted by molar-refractivity contribution is 6.32.